The van der Waals surface area contributed by atoms with Gasteiger partial charge in [-0.2, -0.15) is 0 Å². The molecule has 1 rings (SSSR count). The van der Waals surface area contributed by atoms with Crippen molar-refractivity contribution in [3.8, 4) is 0 Å². The Hall–Kier alpha value is -1.31. The highest BCUT2D eigenvalue weighted by Crippen LogP contribution is 2.24. The molecule has 1 aromatic rings. The van der Waals surface area contributed by atoms with E-state index in [1.807, 2.05) is 19.1 Å². The van der Waals surface area contributed by atoms with Crippen molar-refractivity contribution >= 4 is 5.91 Å². The number of carbonyl (C=O) groups excluding carboxylic acids is 1. The van der Waals surface area contributed by atoms with Crippen LogP contribution in [-0.2, 0) is 5.41 Å². The van der Waals surface area contributed by atoms with E-state index >= 15 is 0 Å². The number of benzene rings is 1. The summed E-state index contributed by atoms with van der Waals surface area (Å²) in [6.45, 7) is 11.2. The maximum Gasteiger partial charge on any atom is 0.251 e. The molecule has 0 aromatic heterocycles. The molecule has 0 atom stereocenters. The zero-order valence-corrected chi connectivity index (χ0v) is 11.6. The average molecular weight is 233 g/mol. The number of nitrogens with one attached hydrogen (secondary N) is 1. The SMILES string of the molecule is CCCNC(=O)c1cc(C(C)(C)C)ccc1C. The van der Waals surface area contributed by atoms with Crippen molar-refractivity contribution in [2.45, 2.75) is 46.5 Å². The quantitative estimate of drug-likeness (QED) is 0.851. The average Bonchev–Trinajstić information content (AvgIpc) is 2.24. The predicted octanol–water partition coefficient (Wildman–Crippen LogP) is 3.43. The maximum absolute atomic E-state index is 12.0. The Kier molecular flexibility index (Phi) is 4.33. The van der Waals surface area contributed by atoms with Crippen molar-refractivity contribution in [1.29, 1.82) is 0 Å². The van der Waals surface area contributed by atoms with Crippen LogP contribution in [0.2, 0.25) is 0 Å². The van der Waals surface area contributed by atoms with Crippen LogP contribution in [-0.4, -0.2) is 12.5 Å². The number of hydrogen-bond donors (Lipinski definition) is 1. The number of rotatable bonds is 3. The topological polar surface area (TPSA) is 29.1 Å². The van der Waals surface area contributed by atoms with Gasteiger partial charge in [0, 0.05) is 12.1 Å². The molecule has 0 fully saturated rings. The van der Waals surface area contributed by atoms with Crippen molar-refractivity contribution in [2.75, 3.05) is 6.54 Å². The van der Waals surface area contributed by atoms with Crippen LogP contribution in [0.25, 0.3) is 0 Å². The predicted molar refractivity (Wildman–Crippen MR) is 72.5 cm³/mol. The fourth-order valence-electron chi connectivity index (χ4n) is 1.67. The van der Waals surface area contributed by atoms with Gasteiger partial charge in [-0.25, -0.2) is 0 Å². The molecule has 0 heterocycles. The third-order valence-corrected chi connectivity index (χ3v) is 2.88. The zero-order chi connectivity index (χ0) is 13.1. The highest BCUT2D eigenvalue weighted by molar-refractivity contribution is 5.95. The van der Waals surface area contributed by atoms with Gasteiger partial charge in [0.2, 0.25) is 0 Å². The third kappa shape index (κ3) is 3.58. The van der Waals surface area contributed by atoms with Crippen molar-refractivity contribution in [3.05, 3.63) is 34.9 Å². The molecule has 17 heavy (non-hydrogen) atoms. The molecular weight excluding hydrogens is 210 g/mol. The minimum absolute atomic E-state index is 0.0375. The number of hydrogen-bond acceptors (Lipinski definition) is 1. The van der Waals surface area contributed by atoms with Crippen LogP contribution in [0.1, 0.15) is 55.6 Å². The van der Waals surface area contributed by atoms with Crippen molar-refractivity contribution in [3.63, 3.8) is 0 Å². The molecule has 0 aliphatic heterocycles. The first-order valence-electron chi connectivity index (χ1n) is 6.25. The van der Waals surface area contributed by atoms with Crippen LogP contribution in [0.4, 0.5) is 0 Å². The van der Waals surface area contributed by atoms with E-state index in [1.165, 1.54) is 5.56 Å². The molecule has 1 amide bonds. The number of amides is 1. The molecule has 94 valence electrons. The molecule has 2 nitrogen and oxygen atoms in total. The van der Waals surface area contributed by atoms with Crippen LogP contribution in [0.15, 0.2) is 18.2 Å². The lowest BCUT2D eigenvalue weighted by molar-refractivity contribution is 0.0953. The summed E-state index contributed by atoms with van der Waals surface area (Å²) in [5, 5.41) is 2.93. The largest absolute Gasteiger partial charge is 0.352 e. The third-order valence-electron chi connectivity index (χ3n) is 2.88. The van der Waals surface area contributed by atoms with Crippen LogP contribution in [0.3, 0.4) is 0 Å². The van der Waals surface area contributed by atoms with Gasteiger partial charge in [0.15, 0.2) is 0 Å². The minimum Gasteiger partial charge on any atom is -0.352 e. The van der Waals surface area contributed by atoms with Gasteiger partial charge in [-0.1, -0.05) is 39.8 Å². The molecule has 2 heteroatoms. The fraction of sp³-hybridized carbons (Fsp3) is 0.533. The zero-order valence-electron chi connectivity index (χ0n) is 11.6. The Labute approximate surface area is 104 Å². The van der Waals surface area contributed by atoms with E-state index in [2.05, 4.69) is 39.1 Å². The van der Waals surface area contributed by atoms with Crippen molar-refractivity contribution < 1.29 is 4.79 Å². The summed E-state index contributed by atoms with van der Waals surface area (Å²) in [6, 6.07) is 6.15. The van der Waals surface area contributed by atoms with Crippen molar-refractivity contribution in [2.24, 2.45) is 0 Å². The lowest BCUT2D eigenvalue weighted by Gasteiger charge is -2.20. The highest BCUT2D eigenvalue weighted by atomic mass is 16.1. The smallest absolute Gasteiger partial charge is 0.251 e. The van der Waals surface area contributed by atoms with Crippen molar-refractivity contribution in [1.82, 2.24) is 5.32 Å². The summed E-state index contributed by atoms with van der Waals surface area (Å²) >= 11 is 0. The minimum atomic E-state index is 0.0375. The summed E-state index contributed by atoms with van der Waals surface area (Å²) < 4.78 is 0. The Balaban J connectivity index is 3.02. The second kappa shape index (κ2) is 5.35. The van der Waals surface area contributed by atoms with Gasteiger partial charge in [0.25, 0.3) is 5.91 Å². The summed E-state index contributed by atoms with van der Waals surface area (Å²) in [5.74, 6) is 0.0375. The first kappa shape index (κ1) is 13.8. The number of aryl methyl sites for hydroxylation is 1. The van der Waals surface area contributed by atoms with Gasteiger partial charge in [-0.3, -0.25) is 4.79 Å². The summed E-state index contributed by atoms with van der Waals surface area (Å²) in [6.07, 6.45) is 0.962. The van der Waals surface area contributed by atoms with Gasteiger partial charge in [0.05, 0.1) is 0 Å². The van der Waals surface area contributed by atoms with Gasteiger partial charge >= 0.3 is 0 Å². The Bertz CT molecular complexity index is 402. The van der Waals surface area contributed by atoms with Crippen LogP contribution in [0, 0.1) is 6.92 Å². The normalized spacial score (nSPS) is 11.4. The van der Waals surface area contributed by atoms with E-state index in [0.29, 0.717) is 0 Å². The maximum atomic E-state index is 12.0. The second-order valence-electron chi connectivity index (χ2n) is 5.54. The molecule has 1 aromatic carbocycles. The van der Waals surface area contributed by atoms with E-state index in [1.54, 1.807) is 0 Å². The molecule has 0 radical (unpaired) electrons. The highest BCUT2D eigenvalue weighted by Gasteiger charge is 2.17. The Morgan fingerprint density at radius 3 is 2.47 bits per heavy atom. The van der Waals surface area contributed by atoms with Gasteiger partial charge in [-0.05, 0) is 36.0 Å². The molecular formula is C15H23NO. The van der Waals surface area contributed by atoms with E-state index in [-0.39, 0.29) is 11.3 Å². The van der Waals surface area contributed by atoms with Crippen LogP contribution in [0.5, 0.6) is 0 Å². The van der Waals surface area contributed by atoms with Gasteiger partial charge < -0.3 is 5.32 Å². The van der Waals surface area contributed by atoms with E-state index in [0.717, 1.165) is 24.1 Å². The number of carbonyl (C=O) groups is 1. The molecule has 0 bridgehead atoms. The Morgan fingerprint density at radius 2 is 1.94 bits per heavy atom. The first-order valence-corrected chi connectivity index (χ1v) is 6.25. The Morgan fingerprint density at radius 1 is 1.29 bits per heavy atom. The molecule has 0 aliphatic carbocycles. The van der Waals surface area contributed by atoms with Crippen LogP contribution < -0.4 is 5.32 Å². The monoisotopic (exact) mass is 233 g/mol. The van der Waals surface area contributed by atoms with Gasteiger partial charge in [0.1, 0.15) is 0 Å². The standard InChI is InChI=1S/C15H23NO/c1-6-9-16-14(17)13-10-12(15(3,4)5)8-7-11(13)2/h7-8,10H,6,9H2,1-5H3,(H,16,17). The first-order chi connectivity index (χ1) is 7.86. The van der Waals surface area contributed by atoms with Gasteiger partial charge in [-0.15, -0.1) is 0 Å². The lowest BCUT2D eigenvalue weighted by atomic mass is 9.85. The second-order valence-corrected chi connectivity index (χ2v) is 5.54. The fourth-order valence-corrected chi connectivity index (χ4v) is 1.67. The van der Waals surface area contributed by atoms with E-state index < -0.39 is 0 Å². The molecule has 0 spiro atoms. The molecule has 0 saturated heterocycles. The summed E-state index contributed by atoms with van der Waals surface area (Å²) in [7, 11) is 0. The molecule has 0 unspecified atom stereocenters. The molecule has 0 aliphatic rings. The lowest BCUT2D eigenvalue weighted by Crippen LogP contribution is -2.25. The summed E-state index contributed by atoms with van der Waals surface area (Å²) in [4.78, 5) is 12.0. The summed E-state index contributed by atoms with van der Waals surface area (Å²) in [5.41, 5.74) is 3.11. The molecule has 0 saturated carbocycles. The van der Waals surface area contributed by atoms with E-state index in [4.69, 9.17) is 0 Å². The van der Waals surface area contributed by atoms with E-state index in [9.17, 15) is 4.79 Å². The van der Waals surface area contributed by atoms with Crippen LogP contribution >= 0.6 is 0 Å². The molecule has 1 N–H and O–H groups in total.